The third-order valence-electron chi connectivity index (χ3n) is 4.85. The van der Waals surface area contributed by atoms with Crippen LogP contribution in [0.25, 0.3) is 0 Å². The van der Waals surface area contributed by atoms with Gasteiger partial charge in [0.2, 0.25) is 11.6 Å². The molecule has 0 radical (unpaired) electrons. The molecule has 1 saturated carbocycles. The zero-order valence-corrected chi connectivity index (χ0v) is 15.2. The molecule has 2 rings (SSSR count). The van der Waals surface area contributed by atoms with Gasteiger partial charge in [0.25, 0.3) is 0 Å². The molecule has 0 spiro atoms. The van der Waals surface area contributed by atoms with E-state index in [1.165, 1.54) is 18.6 Å². The van der Waals surface area contributed by atoms with Crippen LogP contribution in [-0.4, -0.2) is 12.6 Å². The highest BCUT2D eigenvalue weighted by Gasteiger charge is 2.28. The Labute approximate surface area is 148 Å². The van der Waals surface area contributed by atoms with E-state index < -0.39 is 17.6 Å². The monoisotopic (exact) mass is 354 g/mol. The molecule has 0 aromatic heterocycles. The number of hydrogen-bond acceptors (Lipinski definition) is 3. The second-order valence-corrected chi connectivity index (χ2v) is 6.82. The molecule has 0 amide bonds. The number of halogens is 2. The average molecular weight is 354 g/mol. The molecular formula is C20H28F2O3. The van der Waals surface area contributed by atoms with Crippen LogP contribution in [0.2, 0.25) is 0 Å². The first-order chi connectivity index (χ1) is 12.1. The fourth-order valence-electron chi connectivity index (χ4n) is 3.32. The van der Waals surface area contributed by atoms with E-state index in [1.807, 2.05) is 6.92 Å². The first-order valence-electron chi connectivity index (χ1n) is 9.39. The zero-order chi connectivity index (χ0) is 18.2. The molecule has 0 atom stereocenters. The van der Waals surface area contributed by atoms with Crippen molar-refractivity contribution in [3.05, 3.63) is 23.8 Å². The van der Waals surface area contributed by atoms with E-state index in [4.69, 9.17) is 9.47 Å². The second kappa shape index (κ2) is 9.73. The highest BCUT2D eigenvalue weighted by atomic mass is 19.2. The third-order valence-corrected chi connectivity index (χ3v) is 4.85. The van der Waals surface area contributed by atoms with Crippen molar-refractivity contribution in [2.45, 2.75) is 65.2 Å². The normalized spacial score (nSPS) is 20.3. The Kier molecular flexibility index (Phi) is 7.66. The topological polar surface area (TPSA) is 35.5 Å². The lowest BCUT2D eigenvalue weighted by Crippen LogP contribution is -2.26. The Morgan fingerprint density at radius 2 is 1.68 bits per heavy atom. The maximum atomic E-state index is 14.1. The van der Waals surface area contributed by atoms with Crippen molar-refractivity contribution in [1.82, 2.24) is 0 Å². The molecule has 1 aliphatic rings. The Morgan fingerprint density at radius 1 is 1.04 bits per heavy atom. The summed E-state index contributed by atoms with van der Waals surface area (Å²) in [5.41, 5.74) is 0. The average Bonchev–Trinajstić information content (AvgIpc) is 2.62. The van der Waals surface area contributed by atoms with Gasteiger partial charge in [0.05, 0.1) is 12.5 Å². The summed E-state index contributed by atoms with van der Waals surface area (Å²) in [5, 5.41) is 0. The molecule has 0 bridgehead atoms. The molecule has 0 saturated heterocycles. The fraction of sp³-hybridized carbons (Fsp3) is 0.650. The lowest BCUT2D eigenvalue weighted by Gasteiger charge is -2.26. The van der Waals surface area contributed by atoms with Gasteiger partial charge in [0, 0.05) is 0 Å². The minimum Gasteiger partial charge on any atom is -0.490 e. The van der Waals surface area contributed by atoms with Crippen molar-refractivity contribution in [2.24, 2.45) is 11.8 Å². The van der Waals surface area contributed by atoms with E-state index in [1.54, 1.807) is 0 Å². The number of benzene rings is 1. The summed E-state index contributed by atoms with van der Waals surface area (Å²) >= 11 is 0. The van der Waals surface area contributed by atoms with Crippen molar-refractivity contribution >= 4 is 5.97 Å². The number of ether oxygens (including phenoxy) is 2. The molecule has 0 N–H and O–H groups in total. The molecule has 5 heteroatoms. The Morgan fingerprint density at radius 3 is 2.32 bits per heavy atom. The number of rotatable bonds is 8. The van der Waals surface area contributed by atoms with Crippen molar-refractivity contribution in [3.8, 4) is 11.5 Å². The lowest BCUT2D eigenvalue weighted by molar-refractivity contribution is -0.140. The number of carbonyl (C=O) groups is 1. The van der Waals surface area contributed by atoms with Crippen LogP contribution >= 0.6 is 0 Å². The van der Waals surface area contributed by atoms with Gasteiger partial charge in [-0.2, -0.15) is 8.78 Å². The van der Waals surface area contributed by atoms with E-state index in [9.17, 15) is 13.6 Å². The fourth-order valence-corrected chi connectivity index (χ4v) is 3.32. The van der Waals surface area contributed by atoms with Gasteiger partial charge in [0.1, 0.15) is 0 Å². The third kappa shape index (κ3) is 5.41. The van der Waals surface area contributed by atoms with Crippen LogP contribution in [0.15, 0.2) is 12.1 Å². The maximum Gasteiger partial charge on any atom is 0.314 e. The van der Waals surface area contributed by atoms with Gasteiger partial charge in [-0.25, -0.2) is 0 Å². The molecule has 1 fully saturated rings. The number of esters is 1. The summed E-state index contributed by atoms with van der Waals surface area (Å²) in [6.07, 6.45) is 7.50. The predicted molar refractivity (Wildman–Crippen MR) is 92.8 cm³/mol. The number of carbonyl (C=O) groups excluding carboxylic acids is 1. The van der Waals surface area contributed by atoms with Crippen molar-refractivity contribution in [1.29, 1.82) is 0 Å². The van der Waals surface area contributed by atoms with Crippen molar-refractivity contribution in [2.75, 3.05) is 6.61 Å². The van der Waals surface area contributed by atoms with E-state index in [0.29, 0.717) is 12.5 Å². The molecule has 0 unspecified atom stereocenters. The van der Waals surface area contributed by atoms with Gasteiger partial charge in [0.15, 0.2) is 11.5 Å². The van der Waals surface area contributed by atoms with E-state index in [-0.39, 0.29) is 17.4 Å². The zero-order valence-electron chi connectivity index (χ0n) is 15.2. The van der Waals surface area contributed by atoms with Gasteiger partial charge in [-0.15, -0.1) is 0 Å². The molecule has 3 nitrogen and oxygen atoms in total. The first-order valence-corrected chi connectivity index (χ1v) is 9.39. The maximum absolute atomic E-state index is 14.1. The Bertz CT molecular complexity index is 566. The van der Waals surface area contributed by atoms with Crippen LogP contribution < -0.4 is 9.47 Å². The summed E-state index contributed by atoms with van der Waals surface area (Å²) in [6.45, 7) is 4.47. The molecule has 0 heterocycles. The van der Waals surface area contributed by atoms with Crippen LogP contribution in [0, 0.1) is 23.5 Å². The van der Waals surface area contributed by atoms with Gasteiger partial charge in [-0.3, -0.25) is 4.79 Å². The molecular weight excluding hydrogens is 326 g/mol. The highest BCUT2D eigenvalue weighted by molar-refractivity contribution is 5.75. The second-order valence-electron chi connectivity index (χ2n) is 6.82. The van der Waals surface area contributed by atoms with E-state index in [2.05, 4.69) is 6.92 Å². The Hall–Kier alpha value is -1.65. The molecule has 140 valence electrons. The summed E-state index contributed by atoms with van der Waals surface area (Å²) < 4.78 is 38.5. The van der Waals surface area contributed by atoms with E-state index in [0.717, 1.165) is 44.9 Å². The highest BCUT2D eigenvalue weighted by Crippen LogP contribution is 2.33. The largest absolute Gasteiger partial charge is 0.490 e. The summed E-state index contributed by atoms with van der Waals surface area (Å²) in [5.74, 6) is -2.80. The number of hydrogen-bond donors (Lipinski definition) is 0. The van der Waals surface area contributed by atoms with Gasteiger partial charge >= 0.3 is 5.97 Å². The smallest absolute Gasteiger partial charge is 0.314 e. The summed E-state index contributed by atoms with van der Waals surface area (Å²) in [7, 11) is 0. The molecule has 1 aliphatic carbocycles. The van der Waals surface area contributed by atoms with Gasteiger partial charge in [-0.05, 0) is 50.2 Å². The summed E-state index contributed by atoms with van der Waals surface area (Å²) in [4.78, 5) is 12.2. The standard InChI is InChI=1S/C20H28F2O3/c1-3-5-13-24-16-11-12-17(19(22)18(16)21)25-20(23)15-9-7-14(6-4-2)8-10-15/h11-12,14-15H,3-10,13H2,1-2H3. The first kappa shape index (κ1) is 19.7. The lowest BCUT2D eigenvalue weighted by atomic mass is 9.80. The number of unbranched alkanes of at least 4 members (excludes halogenated alkanes) is 1. The van der Waals surface area contributed by atoms with Crippen molar-refractivity contribution < 1.29 is 23.0 Å². The van der Waals surface area contributed by atoms with Gasteiger partial charge < -0.3 is 9.47 Å². The molecule has 1 aromatic carbocycles. The predicted octanol–water partition coefficient (Wildman–Crippen LogP) is 5.66. The van der Waals surface area contributed by atoms with E-state index >= 15 is 0 Å². The van der Waals surface area contributed by atoms with Gasteiger partial charge in [-0.1, -0.05) is 33.1 Å². The quantitative estimate of drug-likeness (QED) is 0.343. The van der Waals surface area contributed by atoms with Crippen LogP contribution in [0.4, 0.5) is 8.78 Å². The van der Waals surface area contributed by atoms with Crippen LogP contribution in [-0.2, 0) is 4.79 Å². The summed E-state index contributed by atoms with van der Waals surface area (Å²) in [6, 6.07) is 2.58. The minimum atomic E-state index is -1.16. The molecule has 25 heavy (non-hydrogen) atoms. The van der Waals surface area contributed by atoms with Crippen LogP contribution in [0.3, 0.4) is 0 Å². The minimum absolute atomic E-state index is 0.147. The Balaban J connectivity index is 1.93. The SMILES string of the molecule is CCCCOc1ccc(OC(=O)C2CCC(CCC)CC2)c(F)c1F. The molecule has 0 aliphatic heterocycles. The van der Waals surface area contributed by atoms with Crippen molar-refractivity contribution in [3.63, 3.8) is 0 Å². The van der Waals surface area contributed by atoms with Crippen LogP contribution in [0.1, 0.15) is 65.2 Å². The molecule has 1 aromatic rings. The van der Waals surface area contributed by atoms with Crippen LogP contribution in [0.5, 0.6) is 11.5 Å².